The number of aliphatic hydroxyl groups is 1. The second-order valence-electron chi connectivity index (χ2n) is 3.83. The van der Waals surface area contributed by atoms with Crippen molar-refractivity contribution in [2.45, 2.75) is 33.3 Å². The zero-order valence-corrected chi connectivity index (χ0v) is 9.83. The van der Waals surface area contributed by atoms with Crippen LogP contribution in [-0.4, -0.2) is 24.3 Å². The lowest BCUT2D eigenvalue weighted by molar-refractivity contribution is 0.176. The molecule has 0 fully saturated rings. The minimum Gasteiger partial charge on any atom is -0.391 e. The van der Waals surface area contributed by atoms with E-state index >= 15 is 0 Å². The van der Waals surface area contributed by atoms with Gasteiger partial charge in [0.2, 0.25) is 0 Å². The first-order valence-electron chi connectivity index (χ1n) is 5.58. The number of nitrogens with zero attached hydrogens (tertiary/aromatic N) is 1. The van der Waals surface area contributed by atoms with Gasteiger partial charge in [-0.2, -0.15) is 0 Å². The number of rotatable bonds is 5. The standard InChI is InChI=1S/C13H20NO/c1-4-13(15)10-14(5-2)12-8-6-7-11(3)9-12/h6,8-9,13,15H,4-5,10H2,1-3H3. The molecule has 1 atom stereocenters. The van der Waals surface area contributed by atoms with Crippen molar-refractivity contribution >= 4 is 5.69 Å². The highest BCUT2D eigenvalue weighted by molar-refractivity contribution is 5.48. The molecule has 0 amide bonds. The summed E-state index contributed by atoms with van der Waals surface area (Å²) in [5, 5.41) is 9.64. The first kappa shape index (κ1) is 12.1. The largest absolute Gasteiger partial charge is 0.391 e. The molecule has 0 saturated heterocycles. The molecule has 0 spiro atoms. The van der Waals surface area contributed by atoms with Gasteiger partial charge < -0.3 is 10.0 Å². The molecule has 1 aromatic rings. The van der Waals surface area contributed by atoms with Crippen LogP contribution in [0.1, 0.15) is 25.8 Å². The van der Waals surface area contributed by atoms with Gasteiger partial charge in [-0.3, -0.25) is 0 Å². The number of hydrogen-bond donors (Lipinski definition) is 1. The molecule has 2 heteroatoms. The van der Waals surface area contributed by atoms with Crippen LogP contribution in [-0.2, 0) is 0 Å². The van der Waals surface area contributed by atoms with Crippen molar-refractivity contribution in [1.29, 1.82) is 0 Å². The van der Waals surface area contributed by atoms with Gasteiger partial charge in [0.05, 0.1) is 6.10 Å². The quantitative estimate of drug-likeness (QED) is 0.799. The fraction of sp³-hybridized carbons (Fsp3) is 0.538. The summed E-state index contributed by atoms with van der Waals surface area (Å²) < 4.78 is 0. The lowest BCUT2D eigenvalue weighted by Crippen LogP contribution is -2.31. The fourth-order valence-corrected chi connectivity index (χ4v) is 1.57. The third kappa shape index (κ3) is 3.56. The van der Waals surface area contributed by atoms with Crippen molar-refractivity contribution < 1.29 is 5.11 Å². The molecule has 0 aromatic heterocycles. The monoisotopic (exact) mass is 206 g/mol. The Balaban J connectivity index is 2.73. The minimum absolute atomic E-state index is 0.241. The maximum Gasteiger partial charge on any atom is 0.0712 e. The van der Waals surface area contributed by atoms with Gasteiger partial charge in [-0.25, -0.2) is 0 Å². The summed E-state index contributed by atoms with van der Waals surface area (Å²) in [5.41, 5.74) is 2.30. The average Bonchev–Trinajstić information content (AvgIpc) is 2.25. The van der Waals surface area contributed by atoms with Gasteiger partial charge in [-0.1, -0.05) is 13.0 Å². The number of aliphatic hydroxyl groups excluding tert-OH is 1. The Hall–Kier alpha value is -1.02. The Morgan fingerprint density at radius 1 is 1.47 bits per heavy atom. The van der Waals surface area contributed by atoms with Crippen LogP contribution >= 0.6 is 0 Å². The van der Waals surface area contributed by atoms with Crippen LogP contribution in [0.3, 0.4) is 0 Å². The predicted molar refractivity (Wildman–Crippen MR) is 64.2 cm³/mol. The smallest absolute Gasteiger partial charge is 0.0712 e. The van der Waals surface area contributed by atoms with Crippen LogP contribution in [0.4, 0.5) is 5.69 Å². The van der Waals surface area contributed by atoms with Crippen molar-refractivity contribution in [3.63, 3.8) is 0 Å². The van der Waals surface area contributed by atoms with E-state index in [-0.39, 0.29) is 6.10 Å². The van der Waals surface area contributed by atoms with E-state index in [4.69, 9.17) is 0 Å². The maximum atomic E-state index is 9.64. The summed E-state index contributed by atoms with van der Waals surface area (Å²) in [7, 11) is 0. The third-order valence-electron chi connectivity index (χ3n) is 2.58. The highest BCUT2D eigenvalue weighted by Crippen LogP contribution is 2.15. The number of hydrogen-bond acceptors (Lipinski definition) is 2. The molecule has 1 aromatic carbocycles. The highest BCUT2D eigenvalue weighted by Gasteiger charge is 2.09. The Kier molecular flexibility index (Phi) is 4.63. The molecule has 0 aliphatic heterocycles. The average molecular weight is 206 g/mol. The summed E-state index contributed by atoms with van der Waals surface area (Å²) in [6.07, 6.45) is 0.559. The maximum absolute atomic E-state index is 9.64. The van der Waals surface area contributed by atoms with Crippen LogP contribution < -0.4 is 4.90 Å². The first-order chi connectivity index (χ1) is 7.17. The van der Waals surface area contributed by atoms with Gasteiger partial charge in [-0.05, 0) is 44.0 Å². The molecule has 1 radical (unpaired) electrons. The van der Waals surface area contributed by atoms with Crippen LogP contribution in [0.5, 0.6) is 0 Å². The van der Waals surface area contributed by atoms with E-state index in [9.17, 15) is 5.11 Å². The van der Waals surface area contributed by atoms with Gasteiger partial charge >= 0.3 is 0 Å². The zero-order valence-electron chi connectivity index (χ0n) is 9.83. The molecule has 0 aliphatic carbocycles. The number of benzene rings is 1. The van der Waals surface area contributed by atoms with Gasteiger partial charge in [0.25, 0.3) is 0 Å². The van der Waals surface area contributed by atoms with E-state index in [2.05, 4.69) is 24.0 Å². The summed E-state index contributed by atoms with van der Waals surface area (Å²) in [6.45, 7) is 7.77. The van der Waals surface area contributed by atoms with Crippen LogP contribution in [0.25, 0.3) is 0 Å². The van der Waals surface area contributed by atoms with Crippen molar-refractivity contribution in [2.24, 2.45) is 0 Å². The zero-order chi connectivity index (χ0) is 11.3. The molecule has 0 heterocycles. The van der Waals surface area contributed by atoms with Gasteiger partial charge in [-0.15, -0.1) is 0 Å². The van der Waals surface area contributed by atoms with Gasteiger partial charge in [0.1, 0.15) is 0 Å². The molecule has 1 unspecified atom stereocenters. The molecule has 1 rings (SSSR count). The first-order valence-corrected chi connectivity index (χ1v) is 5.58. The van der Waals surface area contributed by atoms with Gasteiger partial charge in [0.15, 0.2) is 0 Å². The third-order valence-corrected chi connectivity index (χ3v) is 2.58. The van der Waals surface area contributed by atoms with E-state index in [0.717, 1.165) is 18.5 Å². The van der Waals surface area contributed by atoms with Crippen molar-refractivity contribution in [3.8, 4) is 0 Å². The minimum atomic E-state index is -0.241. The topological polar surface area (TPSA) is 23.5 Å². The van der Waals surface area contributed by atoms with E-state index in [1.54, 1.807) is 0 Å². The van der Waals surface area contributed by atoms with E-state index in [0.29, 0.717) is 6.54 Å². The molecular formula is C13H20NO. The molecule has 0 saturated carbocycles. The van der Waals surface area contributed by atoms with Crippen LogP contribution in [0.15, 0.2) is 18.2 Å². The Bertz CT molecular complexity index is 298. The number of aryl methyl sites for hydroxylation is 1. The molecular weight excluding hydrogens is 186 g/mol. The molecule has 1 N–H and O–H groups in total. The predicted octanol–water partition coefficient (Wildman–Crippen LogP) is 2.39. The molecule has 15 heavy (non-hydrogen) atoms. The van der Waals surface area contributed by atoms with E-state index < -0.39 is 0 Å². The lowest BCUT2D eigenvalue weighted by Gasteiger charge is -2.25. The van der Waals surface area contributed by atoms with Crippen molar-refractivity contribution in [3.05, 3.63) is 29.8 Å². The SMILES string of the molecule is CCC(O)CN(CC)c1cc[c]c(C)c1. The van der Waals surface area contributed by atoms with Crippen molar-refractivity contribution in [2.75, 3.05) is 18.0 Å². The van der Waals surface area contributed by atoms with Crippen LogP contribution in [0.2, 0.25) is 0 Å². The van der Waals surface area contributed by atoms with Gasteiger partial charge in [0, 0.05) is 18.8 Å². The van der Waals surface area contributed by atoms with Crippen LogP contribution in [0, 0.1) is 13.0 Å². The Morgan fingerprint density at radius 3 is 2.73 bits per heavy atom. The molecule has 0 aliphatic rings. The van der Waals surface area contributed by atoms with Crippen molar-refractivity contribution in [1.82, 2.24) is 0 Å². The van der Waals surface area contributed by atoms with E-state index in [1.807, 2.05) is 26.0 Å². The molecule has 83 valence electrons. The molecule has 0 bridgehead atoms. The summed E-state index contributed by atoms with van der Waals surface area (Å²) in [4.78, 5) is 2.19. The molecule has 2 nitrogen and oxygen atoms in total. The lowest BCUT2D eigenvalue weighted by atomic mass is 10.2. The normalized spacial score (nSPS) is 12.5. The highest BCUT2D eigenvalue weighted by atomic mass is 16.3. The summed E-state index contributed by atoms with van der Waals surface area (Å²) in [5.74, 6) is 0. The second-order valence-corrected chi connectivity index (χ2v) is 3.83. The second kappa shape index (κ2) is 5.76. The summed E-state index contributed by atoms with van der Waals surface area (Å²) >= 11 is 0. The number of likely N-dealkylation sites (N-methyl/N-ethyl adjacent to an activating group) is 1. The Labute approximate surface area is 92.5 Å². The summed E-state index contributed by atoms with van der Waals surface area (Å²) in [6, 6.07) is 9.21. The fourth-order valence-electron chi connectivity index (χ4n) is 1.57. The van der Waals surface area contributed by atoms with E-state index in [1.165, 1.54) is 5.69 Å². The Morgan fingerprint density at radius 2 is 2.20 bits per heavy atom. The number of anilines is 1.